The number of hydrogen-bond donors (Lipinski definition) is 1. The SMILES string of the molecule is COc1cc(C=C2C(=O)NC(=O)N(c3ccc(F)cc3)C2=O)cc(I)c1OC. The van der Waals surface area contributed by atoms with Gasteiger partial charge in [0.2, 0.25) is 0 Å². The molecule has 0 saturated carbocycles. The Morgan fingerprint density at radius 3 is 2.36 bits per heavy atom. The summed E-state index contributed by atoms with van der Waals surface area (Å²) in [4.78, 5) is 38.0. The van der Waals surface area contributed by atoms with E-state index in [1.165, 1.54) is 32.4 Å². The number of anilines is 1. The number of rotatable bonds is 4. The van der Waals surface area contributed by atoms with Gasteiger partial charge in [-0.05, 0) is 70.6 Å². The highest BCUT2D eigenvalue weighted by atomic mass is 127. The van der Waals surface area contributed by atoms with Gasteiger partial charge in [0.1, 0.15) is 11.4 Å². The van der Waals surface area contributed by atoms with Gasteiger partial charge in [-0.1, -0.05) is 0 Å². The van der Waals surface area contributed by atoms with Crippen molar-refractivity contribution in [3.63, 3.8) is 0 Å². The molecule has 0 bridgehead atoms. The number of urea groups is 1. The molecule has 0 radical (unpaired) electrons. The van der Waals surface area contributed by atoms with Crippen molar-refractivity contribution >= 4 is 52.2 Å². The number of carbonyl (C=O) groups is 3. The molecular weight excluding hydrogens is 482 g/mol. The van der Waals surface area contributed by atoms with Crippen molar-refractivity contribution in [1.29, 1.82) is 0 Å². The molecule has 2 aromatic carbocycles. The molecule has 1 heterocycles. The summed E-state index contributed by atoms with van der Waals surface area (Å²) in [5.74, 6) is -1.20. The Balaban J connectivity index is 2.04. The second kappa shape index (κ2) is 7.97. The molecule has 144 valence electrons. The van der Waals surface area contributed by atoms with E-state index in [-0.39, 0.29) is 11.3 Å². The first-order valence-corrected chi connectivity index (χ1v) is 9.02. The number of nitrogens with one attached hydrogen (secondary N) is 1. The minimum Gasteiger partial charge on any atom is -0.493 e. The molecule has 3 rings (SSSR count). The van der Waals surface area contributed by atoms with E-state index in [0.717, 1.165) is 17.0 Å². The molecule has 0 aliphatic carbocycles. The van der Waals surface area contributed by atoms with Crippen LogP contribution in [0.5, 0.6) is 11.5 Å². The molecule has 1 aliphatic heterocycles. The highest BCUT2D eigenvalue weighted by molar-refractivity contribution is 14.1. The van der Waals surface area contributed by atoms with Gasteiger partial charge in [0.15, 0.2) is 11.5 Å². The van der Waals surface area contributed by atoms with Crippen LogP contribution in [-0.4, -0.2) is 32.1 Å². The average Bonchev–Trinajstić information content (AvgIpc) is 2.66. The van der Waals surface area contributed by atoms with Crippen LogP contribution in [0.25, 0.3) is 6.08 Å². The zero-order chi connectivity index (χ0) is 20.4. The molecule has 7 nitrogen and oxygen atoms in total. The molecule has 28 heavy (non-hydrogen) atoms. The van der Waals surface area contributed by atoms with Crippen LogP contribution in [0.3, 0.4) is 0 Å². The van der Waals surface area contributed by atoms with Crippen LogP contribution in [0, 0.1) is 9.39 Å². The van der Waals surface area contributed by atoms with E-state index in [1.807, 2.05) is 22.6 Å². The summed E-state index contributed by atoms with van der Waals surface area (Å²) in [5, 5.41) is 2.12. The lowest BCUT2D eigenvalue weighted by atomic mass is 10.1. The summed E-state index contributed by atoms with van der Waals surface area (Å²) in [5.41, 5.74) is 0.407. The number of ether oxygens (including phenoxy) is 2. The second-order valence-corrected chi connectivity index (χ2v) is 6.83. The van der Waals surface area contributed by atoms with Gasteiger partial charge in [0.25, 0.3) is 11.8 Å². The molecule has 0 unspecified atom stereocenters. The Hall–Kier alpha value is -2.95. The van der Waals surface area contributed by atoms with E-state index in [4.69, 9.17) is 9.47 Å². The normalized spacial score (nSPS) is 15.6. The van der Waals surface area contributed by atoms with Gasteiger partial charge in [-0.15, -0.1) is 0 Å². The molecule has 0 aromatic heterocycles. The number of methoxy groups -OCH3 is 2. The van der Waals surface area contributed by atoms with Crippen molar-refractivity contribution in [3.05, 3.63) is 56.9 Å². The van der Waals surface area contributed by atoms with Crippen molar-refractivity contribution in [2.45, 2.75) is 0 Å². The maximum absolute atomic E-state index is 13.2. The molecule has 1 aliphatic rings. The Labute approximate surface area is 173 Å². The quantitative estimate of drug-likeness (QED) is 0.400. The van der Waals surface area contributed by atoms with Crippen molar-refractivity contribution < 1.29 is 28.2 Å². The molecule has 1 saturated heterocycles. The molecule has 0 atom stereocenters. The zero-order valence-corrected chi connectivity index (χ0v) is 16.9. The minimum atomic E-state index is -0.902. The smallest absolute Gasteiger partial charge is 0.335 e. The Kier molecular flexibility index (Phi) is 5.63. The number of hydrogen-bond acceptors (Lipinski definition) is 5. The minimum absolute atomic E-state index is 0.143. The van der Waals surface area contributed by atoms with E-state index in [9.17, 15) is 18.8 Å². The topological polar surface area (TPSA) is 84.9 Å². The number of barbiturate groups is 1. The summed E-state index contributed by atoms with van der Waals surface area (Å²) in [6.45, 7) is 0. The van der Waals surface area contributed by atoms with Crippen molar-refractivity contribution in [2.75, 3.05) is 19.1 Å². The van der Waals surface area contributed by atoms with Gasteiger partial charge in [0.05, 0.1) is 23.5 Å². The molecule has 1 fully saturated rings. The first kappa shape index (κ1) is 19.8. The van der Waals surface area contributed by atoms with Crippen LogP contribution in [-0.2, 0) is 9.59 Å². The number of nitrogens with zero attached hydrogens (tertiary/aromatic N) is 1. The Morgan fingerprint density at radius 1 is 1.07 bits per heavy atom. The van der Waals surface area contributed by atoms with Gasteiger partial charge < -0.3 is 9.47 Å². The third-order valence-corrected chi connectivity index (χ3v) is 4.75. The first-order chi connectivity index (χ1) is 13.3. The van der Waals surface area contributed by atoms with Gasteiger partial charge in [0, 0.05) is 0 Å². The molecular formula is C19H14FIN2O5. The zero-order valence-electron chi connectivity index (χ0n) is 14.8. The fourth-order valence-corrected chi connectivity index (χ4v) is 3.52. The van der Waals surface area contributed by atoms with E-state index in [1.54, 1.807) is 12.1 Å². The number of carbonyl (C=O) groups excluding carboxylic acids is 3. The Bertz CT molecular complexity index is 1000. The van der Waals surface area contributed by atoms with E-state index in [2.05, 4.69) is 5.32 Å². The van der Waals surface area contributed by atoms with E-state index in [0.29, 0.717) is 20.6 Å². The fraction of sp³-hybridized carbons (Fsp3) is 0.105. The van der Waals surface area contributed by atoms with Crippen LogP contribution < -0.4 is 19.7 Å². The first-order valence-electron chi connectivity index (χ1n) is 7.94. The molecule has 9 heteroatoms. The van der Waals surface area contributed by atoms with Crippen molar-refractivity contribution in [3.8, 4) is 11.5 Å². The lowest BCUT2D eigenvalue weighted by Crippen LogP contribution is -2.54. The summed E-state index contributed by atoms with van der Waals surface area (Å²) in [6, 6.07) is 7.19. The summed E-state index contributed by atoms with van der Waals surface area (Å²) < 4.78 is 24.4. The third-order valence-electron chi connectivity index (χ3n) is 3.95. The van der Waals surface area contributed by atoms with E-state index >= 15 is 0 Å². The molecule has 0 spiro atoms. The number of benzene rings is 2. The predicted molar refractivity (Wildman–Crippen MR) is 108 cm³/mol. The molecule has 4 amide bonds. The predicted octanol–water partition coefficient (Wildman–Crippen LogP) is 3.11. The van der Waals surface area contributed by atoms with E-state index < -0.39 is 23.7 Å². The largest absolute Gasteiger partial charge is 0.493 e. The monoisotopic (exact) mass is 496 g/mol. The summed E-state index contributed by atoms with van der Waals surface area (Å²) >= 11 is 2.04. The van der Waals surface area contributed by atoms with Crippen LogP contribution in [0.4, 0.5) is 14.9 Å². The third kappa shape index (κ3) is 3.70. The average molecular weight is 496 g/mol. The van der Waals surface area contributed by atoms with Gasteiger partial charge in [-0.25, -0.2) is 14.1 Å². The van der Waals surface area contributed by atoms with Gasteiger partial charge in [-0.2, -0.15) is 0 Å². The maximum Gasteiger partial charge on any atom is 0.335 e. The van der Waals surface area contributed by atoms with Gasteiger partial charge >= 0.3 is 6.03 Å². The van der Waals surface area contributed by atoms with Crippen LogP contribution >= 0.6 is 22.6 Å². The lowest BCUT2D eigenvalue weighted by molar-refractivity contribution is -0.122. The number of halogens is 2. The second-order valence-electron chi connectivity index (χ2n) is 5.67. The standard InChI is InChI=1S/C19H14FIN2O5/c1-27-15-9-10(8-14(21)16(15)28-2)7-13-17(24)22-19(26)23(18(13)25)12-5-3-11(20)4-6-12/h3-9H,1-2H3,(H,22,24,26). The van der Waals surface area contributed by atoms with Crippen molar-refractivity contribution in [1.82, 2.24) is 5.32 Å². The molecule has 2 aromatic rings. The highest BCUT2D eigenvalue weighted by Gasteiger charge is 2.36. The van der Waals surface area contributed by atoms with Gasteiger partial charge in [-0.3, -0.25) is 14.9 Å². The molecule has 1 N–H and O–H groups in total. The number of imide groups is 2. The fourth-order valence-electron chi connectivity index (χ4n) is 2.67. The lowest BCUT2D eigenvalue weighted by Gasteiger charge is -2.26. The maximum atomic E-state index is 13.2. The highest BCUT2D eigenvalue weighted by Crippen LogP contribution is 2.34. The summed E-state index contributed by atoms with van der Waals surface area (Å²) in [7, 11) is 2.97. The van der Waals surface area contributed by atoms with Crippen LogP contribution in [0.15, 0.2) is 42.0 Å². The summed E-state index contributed by atoms with van der Waals surface area (Å²) in [6.07, 6.45) is 1.35. The number of amides is 4. The van der Waals surface area contributed by atoms with Crippen LogP contribution in [0.2, 0.25) is 0 Å². The van der Waals surface area contributed by atoms with Crippen molar-refractivity contribution in [2.24, 2.45) is 0 Å². The van der Waals surface area contributed by atoms with Crippen LogP contribution in [0.1, 0.15) is 5.56 Å². The Morgan fingerprint density at radius 2 is 1.75 bits per heavy atom.